The summed E-state index contributed by atoms with van der Waals surface area (Å²) in [4.78, 5) is 47.0. The Labute approximate surface area is 275 Å². The molecule has 0 aliphatic carbocycles. The van der Waals surface area contributed by atoms with Crippen LogP contribution in [0, 0.1) is 11.3 Å². The van der Waals surface area contributed by atoms with Crippen LogP contribution in [0.3, 0.4) is 0 Å². The molecule has 0 saturated carbocycles. The number of nitrogens with zero attached hydrogens (tertiary/aromatic N) is 8. The zero-order valence-corrected chi connectivity index (χ0v) is 27.2. The van der Waals surface area contributed by atoms with Crippen molar-refractivity contribution in [3.8, 4) is 17.3 Å². The molecular formula is C31H39ClN10O2S. The first-order valence-corrected chi connectivity index (χ1v) is 15.2. The minimum Gasteiger partial charge on any atom is -0.382 e. The van der Waals surface area contributed by atoms with Gasteiger partial charge in [-0.05, 0) is 31.3 Å². The highest BCUT2D eigenvalue weighted by Crippen LogP contribution is 2.31. The van der Waals surface area contributed by atoms with Crippen molar-refractivity contribution in [3.63, 3.8) is 0 Å². The topological polar surface area (TPSA) is 148 Å². The lowest BCUT2D eigenvalue weighted by Gasteiger charge is -2.37. The van der Waals surface area contributed by atoms with Crippen LogP contribution in [-0.2, 0) is 16.1 Å². The van der Waals surface area contributed by atoms with Gasteiger partial charge in [-0.3, -0.25) is 24.4 Å². The van der Waals surface area contributed by atoms with Crippen LogP contribution in [-0.4, -0.2) is 112 Å². The van der Waals surface area contributed by atoms with Gasteiger partial charge in [-0.2, -0.15) is 17.9 Å². The third kappa shape index (κ3) is 8.68. The summed E-state index contributed by atoms with van der Waals surface area (Å²) >= 11 is 4.80. The number of nitrogens with one attached hydrogen (secondary N) is 1. The second kappa shape index (κ2) is 15.5. The fraction of sp³-hybridized carbons (Fsp3) is 0.419. The molecule has 1 aromatic carbocycles. The van der Waals surface area contributed by atoms with Gasteiger partial charge in [0.2, 0.25) is 11.8 Å². The van der Waals surface area contributed by atoms with Crippen molar-refractivity contribution in [1.82, 2.24) is 34.6 Å². The molecule has 2 aromatic heterocycles. The van der Waals surface area contributed by atoms with E-state index in [0.29, 0.717) is 54.6 Å². The van der Waals surface area contributed by atoms with E-state index in [1.54, 1.807) is 24.3 Å². The van der Waals surface area contributed by atoms with E-state index in [-0.39, 0.29) is 35.6 Å². The number of nitriles is 1. The van der Waals surface area contributed by atoms with E-state index in [9.17, 15) is 14.9 Å². The number of thiol groups is 1. The molecule has 238 valence electrons. The normalized spacial score (nSPS) is 16.8. The molecule has 4 heterocycles. The SMILES string of the molecule is CC(=O)Nc1ccc(-c2nc(C(S)c3cccc(CN4CCN(C(=O)CN5CCN(C)CC5)CC4)n3)nc(N)c2C#N)cc1.Cl. The van der Waals surface area contributed by atoms with Gasteiger partial charge in [-0.15, -0.1) is 12.4 Å². The maximum absolute atomic E-state index is 12.9. The van der Waals surface area contributed by atoms with Crippen molar-refractivity contribution in [3.05, 3.63) is 65.2 Å². The molecule has 2 aliphatic rings. The Morgan fingerprint density at radius 1 is 0.978 bits per heavy atom. The number of amides is 2. The Bertz CT molecular complexity index is 1530. The molecule has 2 aliphatic heterocycles. The Balaban J connectivity index is 0.00000461. The number of pyridine rings is 1. The smallest absolute Gasteiger partial charge is 0.236 e. The predicted molar refractivity (Wildman–Crippen MR) is 179 cm³/mol. The zero-order valence-electron chi connectivity index (χ0n) is 25.5. The minimum absolute atomic E-state index is 0. The van der Waals surface area contributed by atoms with Gasteiger partial charge in [-0.25, -0.2) is 9.97 Å². The maximum atomic E-state index is 12.9. The monoisotopic (exact) mass is 650 g/mol. The highest BCUT2D eigenvalue weighted by molar-refractivity contribution is 7.80. The zero-order chi connectivity index (χ0) is 31.2. The molecule has 0 bridgehead atoms. The number of hydrogen-bond donors (Lipinski definition) is 3. The number of likely N-dealkylation sites (N-methyl/N-ethyl adjacent to an activating group) is 1. The van der Waals surface area contributed by atoms with E-state index in [0.717, 1.165) is 45.0 Å². The Morgan fingerprint density at radius 2 is 1.64 bits per heavy atom. The average molecular weight is 651 g/mol. The van der Waals surface area contributed by atoms with Crippen molar-refractivity contribution in [1.29, 1.82) is 5.26 Å². The Hall–Kier alpha value is -3.80. The summed E-state index contributed by atoms with van der Waals surface area (Å²) in [5, 5.41) is 11.9. The van der Waals surface area contributed by atoms with Gasteiger partial charge in [0, 0.05) is 77.1 Å². The summed E-state index contributed by atoms with van der Waals surface area (Å²) in [6.45, 7) is 9.42. The first kappa shape index (κ1) is 34.1. The molecule has 1 unspecified atom stereocenters. The molecule has 2 amide bonds. The number of benzene rings is 1. The van der Waals surface area contributed by atoms with E-state index in [1.165, 1.54) is 6.92 Å². The Kier molecular flexibility index (Phi) is 11.7. The van der Waals surface area contributed by atoms with Crippen LogP contribution in [0.25, 0.3) is 11.3 Å². The number of rotatable bonds is 8. The molecule has 14 heteroatoms. The molecule has 0 spiro atoms. The first-order chi connectivity index (χ1) is 21.2. The summed E-state index contributed by atoms with van der Waals surface area (Å²) in [6.07, 6.45) is 0. The van der Waals surface area contributed by atoms with E-state index >= 15 is 0 Å². The highest BCUT2D eigenvalue weighted by Gasteiger charge is 2.25. The molecular weight excluding hydrogens is 612 g/mol. The molecule has 2 fully saturated rings. The van der Waals surface area contributed by atoms with Crippen molar-refractivity contribution >= 4 is 48.4 Å². The number of halogens is 1. The number of anilines is 2. The van der Waals surface area contributed by atoms with Gasteiger partial charge >= 0.3 is 0 Å². The van der Waals surface area contributed by atoms with E-state index < -0.39 is 5.25 Å². The predicted octanol–water partition coefficient (Wildman–Crippen LogP) is 2.28. The fourth-order valence-corrected chi connectivity index (χ4v) is 5.66. The number of piperazine rings is 2. The Morgan fingerprint density at radius 3 is 2.29 bits per heavy atom. The molecule has 3 aromatic rings. The minimum atomic E-state index is -0.577. The van der Waals surface area contributed by atoms with Crippen molar-refractivity contribution in [2.45, 2.75) is 18.7 Å². The summed E-state index contributed by atoms with van der Waals surface area (Å²) < 4.78 is 0. The first-order valence-electron chi connectivity index (χ1n) is 14.7. The third-order valence-corrected chi connectivity index (χ3v) is 8.46. The van der Waals surface area contributed by atoms with E-state index in [1.807, 2.05) is 23.1 Å². The summed E-state index contributed by atoms with van der Waals surface area (Å²) in [5.41, 5.74) is 9.61. The number of carbonyl (C=O) groups is 2. The molecule has 5 rings (SSSR count). The summed E-state index contributed by atoms with van der Waals surface area (Å²) in [6, 6.07) is 14.9. The molecule has 3 N–H and O–H groups in total. The molecule has 2 saturated heterocycles. The van der Waals surface area contributed by atoms with Gasteiger partial charge in [0.05, 0.1) is 23.6 Å². The van der Waals surface area contributed by atoms with Crippen LogP contribution in [0.1, 0.15) is 34.9 Å². The van der Waals surface area contributed by atoms with Crippen LogP contribution in [0.5, 0.6) is 0 Å². The maximum Gasteiger partial charge on any atom is 0.236 e. The van der Waals surface area contributed by atoms with Crippen molar-refractivity contribution < 1.29 is 9.59 Å². The van der Waals surface area contributed by atoms with Crippen LogP contribution >= 0.6 is 25.0 Å². The molecule has 1 atom stereocenters. The van der Waals surface area contributed by atoms with Crippen molar-refractivity contribution in [2.24, 2.45) is 0 Å². The van der Waals surface area contributed by atoms with Gasteiger partial charge < -0.3 is 20.9 Å². The van der Waals surface area contributed by atoms with Crippen LogP contribution < -0.4 is 11.1 Å². The van der Waals surface area contributed by atoms with Gasteiger partial charge in [0.25, 0.3) is 0 Å². The van der Waals surface area contributed by atoms with E-state index in [2.05, 4.69) is 43.1 Å². The molecule has 45 heavy (non-hydrogen) atoms. The lowest BCUT2D eigenvalue weighted by atomic mass is 10.1. The number of carbonyl (C=O) groups excluding carboxylic acids is 2. The lowest BCUT2D eigenvalue weighted by molar-refractivity contribution is -0.134. The van der Waals surface area contributed by atoms with Crippen LogP contribution in [0.4, 0.5) is 11.5 Å². The van der Waals surface area contributed by atoms with Gasteiger partial charge in [0.1, 0.15) is 28.5 Å². The number of nitrogen functional groups attached to an aromatic ring is 1. The quantitative estimate of drug-likeness (QED) is 0.310. The van der Waals surface area contributed by atoms with E-state index in [4.69, 9.17) is 23.3 Å². The number of aromatic nitrogens is 3. The second-order valence-corrected chi connectivity index (χ2v) is 11.8. The number of hydrogen-bond acceptors (Lipinski definition) is 11. The molecule has 0 radical (unpaired) electrons. The molecule has 12 nitrogen and oxygen atoms in total. The standard InChI is InChI=1S/C31H38N10O2S.ClH/c1-21(42)34-23-8-6-22(7-9-23)28-25(18-32)30(33)37-31(36-28)29(44)26-5-3-4-24(35-26)19-39-14-16-41(17-15-39)27(43)20-40-12-10-38(2)11-13-40;/h3-9,29,44H,10-17,19-20H2,1-2H3,(H,34,42)(H2,33,36,37);1H. The van der Waals surface area contributed by atoms with Gasteiger partial charge in [-0.1, -0.05) is 18.2 Å². The highest BCUT2D eigenvalue weighted by atomic mass is 35.5. The fourth-order valence-electron chi connectivity index (χ4n) is 5.40. The summed E-state index contributed by atoms with van der Waals surface area (Å²) in [5.74, 6) is 0.430. The van der Waals surface area contributed by atoms with Crippen LogP contribution in [0.15, 0.2) is 42.5 Å². The second-order valence-electron chi connectivity index (χ2n) is 11.3. The van der Waals surface area contributed by atoms with Crippen LogP contribution in [0.2, 0.25) is 0 Å². The number of nitrogens with two attached hydrogens (primary N) is 1. The summed E-state index contributed by atoms with van der Waals surface area (Å²) in [7, 11) is 2.12. The largest absolute Gasteiger partial charge is 0.382 e. The third-order valence-electron chi connectivity index (χ3n) is 7.96. The lowest BCUT2D eigenvalue weighted by Crippen LogP contribution is -2.53. The van der Waals surface area contributed by atoms with Crippen molar-refractivity contribution in [2.75, 3.05) is 77.0 Å². The average Bonchev–Trinajstić information content (AvgIpc) is 3.02. The van der Waals surface area contributed by atoms with Gasteiger partial charge in [0.15, 0.2) is 0 Å².